The summed E-state index contributed by atoms with van der Waals surface area (Å²) >= 11 is 0. The highest BCUT2D eigenvalue weighted by Gasteiger charge is 2.59. The lowest BCUT2D eigenvalue weighted by Crippen LogP contribution is -2.69. The molecule has 4 aliphatic rings. The average Bonchev–Trinajstić information content (AvgIpc) is 2.85. The molecule has 4 aliphatic heterocycles. The Bertz CT molecular complexity index is 637. The van der Waals surface area contributed by atoms with Gasteiger partial charge in [0.1, 0.15) is 18.9 Å². The Morgan fingerprint density at radius 2 is 2.09 bits per heavy atom. The van der Waals surface area contributed by atoms with Crippen molar-refractivity contribution in [2.75, 3.05) is 31.5 Å². The molecule has 3 saturated heterocycles. The molecule has 0 aliphatic carbocycles. The minimum absolute atomic E-state index is 0.140. The number of nitrogens with one attached hydrogen (secondary N) is 1. The highest BCUT2D eigenvalue weighted by molar-refractivity contribution is 5.89. The number of nitrogens with zero attached hydrogens (tertiary/aromatic N) is 3. The Balaban J connectivity index is 1.49. The van der Waals surface area contributed by atoms with Crippen molar-refractivity contribution in [1.82, 2.24) is 4.98 Å². The fourth-order valence-corrected chi connectivity index (χ4v) is 3.98. The van der Waals surface area contributed by atoms with Crippen molar-refractivity contribution < 1.29 is 14.6 Å². The van der Waals surface area contributed by atoms with E-state index in [-0.39, 0.29) is 10.2 Å². The molecule has 6 nitrogen and oxygen atoms in total. The van der Waals surface area contributed by atoms with Crippen LogP contribution in [0.4, 0.5) is 5.82 Å². The van der Waals surface area contributed by atoms with Crippen LogP contribution in [0, 0.1) is 19.8 Å². The first kappa shape index (κ1) is 14.0. The highest BCUT2D eigenvalue weighted by atomic mass is 16.6. The number of quaternary nitrogens is 1. The Morgan fingerprint density at radius 1 is 1.32 bits per heavy atom. The molecule has 118 valence electrons. The Morgan fingerprint density at radius 3 is 2.77 bits per heavy atom. The molecule has 6 heteroatoms. The molecular formula is C16H23N4O2+. The third-order valence-electron chi connectivity index (χ3n) is 5.49. The number of amidine groups is 1. The summed E-state index contributed by atoms with van der Waals surface area (Å²) in [5, 5.41) is 13.7. The van der Waals surface area contributed by atoms with Gasteiger partial charge in [-0.3, -0.25) is 5.32 Å². The maximum Gasteiger partial charge on any atom is 0.291 e. The summed E-state index contributed by atoms with van der Waals surface area (Å²) in [7, 11) is 0. The molecule has 0 unspecified atom stereocenters. The molecule has 1 atom stereocenters. The van der Waals surface area contributed by atoms with Crippen molar-refractivity contribution in [1.29, 1.82) is 0 Å². The molecule has 5 heterocycles. The number of fused-ring (bicyclic) bond motifs is 2. The Labute approximate surface area is 130 Å². The zero-order valence-electron chi connectivity index (χ0n) is 13.2. The van der Waals surface area contributed by atoms with Gasteiger partial charge in [0.2, 0.25) is 0 Å². The SMILES string of the molecule is Cc1cnc(NC2=NC[C@@]3(C[N+]4(O)CCC3CC4)O2)cc1C. The van der Waals surface area contributed by atoms with Crippen LogP contribution in [0.15, 0.2) is 17.3 Å². The van der Waals surface area contributed by atoms with Gasteiger partial charge >= 0.3 is 0 Å². The predicted molar refractivity (Wildman–Crippen MR) is 82.8 cm³/mol. The van der Waals surface area contributed by atoms with Gasteiger partial charge in [-0.2, -0.15) is 4.65 Å². The number of piperidine rings is 3. The van der Waals surface area contributed by atoms with Gasteiger partial charge in [0.25, 0.3) is 6.02 Å². The van der Waals surface area contributed by atoms with E-state index in [0.717, 1.165) is 31.7 Å². The van der Waals surface area contributed by atoms with Gasteiger partial charge in [0, 0.05) is 25.0 Å². The standard InChI is InChI=1S/C16H23N4O2/c1-11-7-14(17-8-12(11)2)19-15-18-9-16(22-15)10-20(21)5-3-13(16)4-6-20/h7-8,13,21H,3-6,9-10H2,1-2H3,(H,17,18,19)/q+1/t13?,16-,20?/m0/s1. The van der Waals surface area contributed by atoms with Crippen LogP contribution < -0.4 is 5.32 Å². The van der Waals surface area contributed by atoms with E-state index in [2.05, 4.69) is 22.2 Å². The van der Waals surface area contributed by atoms with Gasteiger partial charge in [-0.25, -0.2) is 15.2 Å². The van der Waals surface area contributed by atoms with E-state index in [1.165, 1.54) is 11.1 Å². The van der Waals surface area contributed by atoms with Crippen LogP contribution in [-0.2, 0) is 4.74 Å². The van der Waals surface area contributed by atoms with E-state index in [0.29, 0.717) is 25.0 Å². The largest absolute Gasteiger partial charge is 0.450 e. The Kier molecular flexibility index (Phi) is 2.96. The molecule has 1 spiro atoms. The molecular weight excluding hydrogens is 280 g/mol. The van der Waals surface area contributed by atoms with Crippen LogP contribution in [0.1, 0.15) is 24.0 Å². The lowest BCUT2D eigenvalue weighted by Gasteiger charge is -2.51. The van der Waals surface area contributed by atoms with Crippen LogP contribution >= 0.6 is 0 Å². The minimum Gasteiger partial charge on any atom is -0.450 e. The van der Waals surface area contributed by atoms with Gasteiger partial charge in [-0.05, 0) is 31.0 Å². The predicted octanol–water partition coefficient (Wildman–Crippen LogP) is 1.86. The van der Waals surface area contributed by atoms with E-state index >= 15 is 0 Å². The molecule has 2 N–H and O–H groups in total. The van der Waals surface area contributed by atoms with Gasteiger partial charge in [0.15, 0.2) is 12.1 Å². The molecule has 0 amide bonds. The lowest BCUT2D eigenvalue weighted by molar-refractivity contribution is -1.12. The summed E-state index contributed by atoms with van der Waals surface area (Å²) < 4.78 is 6.33. The number of hydroxylamine groups is 3. The van der Waals surface area contributed by atoms with Crippen molar-refractivity contribution >= 4 is 11.8 Å². The third kappa shape index (κ3) is 2.18. The number of rotatable bonds is 1. The van der Waals surface area contributed by atoms with Crippen molar-refractivity contribution in [3.63, 3.8) is 0 Å². The van der Waals surface area contributed by atoms with Crippen LogP contribution in [-0.4, -0.2) is 52.6 Å². The molecule has 0 aromatic carbocycles. The number of aromatic nitrogens is 1. The minimum atomic E-state index is -0.326. The fourth-order valence-electron chi connectivity index (χ4n) is 3.98. The van der Waals surface area contributed by atoms with Crippen LogP contribution in [0.25, 0.3) is 0 Å². The number of anilines is 1. The summed E-state index contributed by atoms with van der Waals surface area (Å²) in [5.74, 6) is 1.25. The highest BCUT2D eigenvalue weighted by Crippen LogP contribution is 2.43. The number of aryl methyl sites for hydroxylation is 2. The number of hydrogen-bond donors (Lipinski definition) is 2. The number of hydrogen-bond acceptors (Lipinski definition) is 5. The number of aliphatic imine (C=N–C) groups is 1. The molecule has 2 bridgehead atoms. The topological polar surface area (TPSA) is 66.7 Å². The summed E-state index contributed by atoms with van der Waals surface area (Å²) in [6.07, 6.45) is 3.88. The molecule has 3 fully saturated rings. The zero-order valence-corrected chi connectivity index (χ0v) is 13.2. The monoisotopic (exact) mass is 303 g/mol. The smallest absolute Gasteiger partial charge is 0.291 e. The van der Waals surface area contributed by atoms with Crippen molar-refractivity contribution in [3.8, 4) is 0 Å². The van der Waals surface area contributed by atoms with Gasteiger partial charge in [0.05, 0.1) is 6.54 Å². The van der Waals surface area contributed by atoms with Crippen molar-refractivity contribution in [2.45, 2.75) is 32.3 Å². The van der Waals surface area contributed by atoms with Crippen molar-refractivity contribution in [2.24, 2.45) is 10.9 Å². The summed E-state index contributed by atoms with van der Waals surface area (Å²) in [6.45, 7) is 7.07. The first-order valence-electron chi connectivity index (χ1n) is 8.01. The summed E-state index contributed by atoms with van der Waals surface area (Å²) in [6, 6.07) is 2.54. The molecule has 0 saturated carbocycles. The molecule has 1 aromatic heterocycles. The first-order valence-corrected chi connectivity index (χ1v) is 8.01. The second-order valence-electron chi connectivity index (χ2n) is 7.04. The molecule has 5 rings (SSSR count). The lowest BCUT2D eigenvalue weighted by atomic mass is 9.75. The fraction of sp³-hybridized carbons (Fsp3) is 0.625. The second kappa shape index (κ2) is 4.67. The van der Waals surface area contributed by atoms with Gasteiger partial charge < -0.3 is 4.74 Å². The second-order valence-corrected chi connectivity index (χ2v) is 7.04. The van der Waals surface area contributed by atoms with Gasteiger partial charge in [-0.1, -0.05) is 0 Å². The quantitative estimate of drug-likeness (QED) is 0.777. The summed E-state index contributed by atoms with van der Waals surface area (Å²) in [5.41, 5.74) is 2.03. The van der Waals surface area contributed by atoms with Crippen LogP contribution in [0.5, 0.6) is 0 Å². The average molecular weight is 303 g/mol. The number of pyridine rings is 1. The van der Waals surface area contributed by atoms with E-state index in [1.54, 1.807) is 0 Å². The van der Waals surface area contributed by atoms with Gasteiger partial charge in [-0.15, -0.1) is 0 Å². The molecule has 0 radical (unpaired) electrons. The van der Waals surface area contributed by atoms with E-state index < -0.39 is 0 Å². The maximum absolute atomic E-state index is 10.6. The van der Waals surface area contributed by atoms with Crippen LogP contribution in [0.3, 0.4) is 0 Å². The van der Waals surface area contributed by atoms with E-state index in [9.17, 15) is 5.21 Å². The van der Waals surface area contributed by atoms with Crippen molar-refractivity contribution in [3.05, 3.63) is 23.4 Å². The summed E-state index contributed by atoms with van der Waals surface area (Å²) in [4.78, 5) is 8.90. The number of ether oxygens (including phenoxy) is 1. The van der Waals surface area contributed by atoms with E-state index in [1.807, 2.05) is 19.2 Å². The molecule has 1 aromatic rings. The zero-order chi connectivity index (χ0) is 15.4. The van der Waals surface area contributed by atoms with E-state index in [4.69, 9.17) is 4.74 Å². The van der Waals surface area contributed by atoms with Crippen LogP contribution in [0.2, 0.25) is 0 Å². The molecule has 22 heavy (non-hydrogen) atoms. The third-order valence-corrected chi connectivity index (χ3v) is 5.49. The first-order chi connectivity index (χ1) is 10.5. The maximum atomic E-state index is 10.6. The normalized spacial score (nSPS) is 36.3. The Hall–Kier alpha value is -1.66.